The molecule has 3 aliphatic rings. The molecule has 41 heavy (non-hydrogen) atoms. The number of alkyl halides is 3. The normalized spacial score (nSPS) is 21.8. The number of hydrogen-bond donors (Lipinski definition) is 2. The zero-order valence-corrected chi connectivity index (χ0v) is 22.9. The van der Waals surface area contributed by atoms with E-state index >= 15 is 0 Å². The molecule has 3 aromatic carbocycles. The summed E-state index contributed by atoms with van der Waals surface area (Å²) in [4.78, 5) is 2.29. The van der Waals surface area contributed by atoms with Crippen molar-refractivity contribution >= 4 is 21.3 Å². The first-order chi connectivity index (χ1) is 19.7. The molecule has 3 atom stereocenters. The molecule has 1 saturated carbocycles. The van der Waals surface area contributed by atoms with Crippen molar-refractivity contribution in [2.75, 3.05) is 11.4 Å². The van der Waals surface area contributed by atoms with E-state index in [9.17, 15) is 22.5 Å². The third kappa shape index (κ3) is 6.01. The van der Waals surface area contributed by atoms with E-state index in [0.29, 0.717) is 42.5 Å². The highest BCUT2D eigenvalue weighted by molar-refractivity contribution is 7.91. The molecule has 2 aliphatic carbocycles. The van der Waals surface area contributed by atoms with Crippen molar-refractivity contribution in [1.29, 1.82) is 0 Å². The van der Waals surface area contributed by atoms with Gasteiger partial charge in [0.2, 0.25) is 0 Å². The number of nitrogens with one attached hydrogen (secondary N) is 1. The van der Waals surface area contributed by atoms with Crippen LogP contribution in [0, 0.1) is 5.92 Å². The molecule has 6 rings (SSSR count). The number of allylic oxidation sites excluding steroid dienone is 1. The second-order valence-corrected chi connectivity index (χ2v) is 12.4. The van der Waals surface area contributed by atoms with E-state index < -0.39 is 34.2 Å². The van der Waals surface area contributed by atoms with Crippen LogP contribution in [0.5, 0.6) is 17.2 Å². The average molecular weight is 586 g/mol. The summed E-state index contributed by atoms with van der Waals surface area (Å²) in [5, 5.41) is 11.9. The molecule has 3 aromatic rings. The number of aliphatic hydroxyl groups is 1. The van der Waals surface area contributed by atoms with Crippen LogP contribution in [-0.4, -0.2) is 34.4 Å². The topological polar surface area (TPSA) is 83.4 Å². The molecule has 0 aromatic heterocycles. The van der Waals surface area contributed by atoms with Gasteiger partial charge in [0.15, 0.2) is 21.4 Å². The van der Waals surface area contributed by atoms with Crippen LogP contribution in [0.4, 0.5) is 24.5 Å². The molecular weight excluding hydrogens is 555 g/mol. The van der Waals surface area contributed by atoms with Crippen LogP contribution in [0.15, 0.2) is 93.8 Å². The third-order valence-electron chi connectivity index (χ3n) is 7.40. The molecule has 0 radical (unpaired) electrons. The molecule has 0 amide bonds. The van der Waals surface area contributed by atoms with Gasteiger partial charge < -0.3 is 19.5 Å². The summed E-state index contributed by atoms with van der Waals surface area (Å²) in [5.41, 5.74) is 2.00. The molecule has 0 spiro atoms. The number of para-hydroxylation sites is 4. The Morgan fingerprint density at radius 2 is 1.61 bits per heavy atom. The zero-order valence-electron chi connectivity index (χ0n) is 22.1. The van der Waals surface area contributed by atoms with Crippen LogP contribution < -0.4 is 19.1 Å². The number of benzene rings is 3. The summed E-state index contributed by atoms with van der Waals surface area (Å²) in [6.45, 7) is 0.351. The van der Waals surface area contributed by atoms with Crippen molar-refractivity contribution in [1.82, 2.24) is 4.72 Å². The molecule has 2 N–H and O–H groups in total. The minimum atomic E-state index is -4.83. The number of nitrogens with zero attached hydrogens (tertiary/aromatic N) is 2. The number of ether oxygens (including phenoxy) is 2. The van der Waals surface area contributed by atoms with Crippen LogP contribution in [0.1, 0.15) is 32.1 Å². The zero-order chi connectivity index (χ0) is 28.6. The van der Waals surface area contributed by atoms with Crippen LogP contribution in [-0.2, 0) is 9.92 Å². The van der Waals surface area contributed by atoms with E-state index in [1.165, 1.54) is 12.1 Å². The van der Waals surface area contributed by atoms with E-state index in [1.807, 2.05) is 54.6 Å². The summed E-state index contributed by atoms with van der Waals surface area (Å²) in [5.74, 6) is 1.26. The summed E-state index contributed by atoms with van der Waals surface area (Å²) < 4.78 is 70.2. The Balaban J connectivity index is 1.34. The highest BCUT2D eigenvalue weighted by Gasteiger charge is 2.37. The molecule has 0 saturated heterocycles. The first-order valence-electron chi connectivity index (χ1n) is 13.6. The smallest absolute Gasteiger partial charge is 0.453 e. The summed E-state index contributed by atoms with van der Waals surface area (Å²) in [6, 6.07) is 19.7. The Bertz CT molecular complexity index is 1520. The number of hydrogen-bond acceptors (Lipinski definition) is 6. The lowest BCUT2D eigenvalue weighted by Crippen LogP contribution is -2.45. The quantitative estimate of drug-likeness (QED) is 0.310. The second kappa shape index (κ2) is 10.9. The maximum atomic E-state index is 14.4. The second-order valence-electron chi connectivity index (χ2n) is 10.4. The predicted molar refractivity (Wildman–Crippen MR) is 150 cm³/mol. The average Bonchev–Trinajstić information content (AvgIpc) is 3.80. The fourth-order valence-electron chi connectivity index (χ4n) is 5.20. The minimum Gasteiger partial charge on any atom is -0.453 e. The fraction of sp³-hybridized carbons (Fsp3) is 0.333. The van der Waals surface area contributed by atoms with Crippen LogP contribution >= 0.6 is 0 Å². The molecule has 7 nitrogen and oxygen atoms in total. The van der Waals surface area contributed by atoms with Gasteiger partial charge in [-0.2, -0.15) is 0 Å². The van der Waals surface area contributed by atoms with Gasteiger partial charge in [-0.15, -0.1) is 13.2 Å². The van der Waals surface area contributed by atoms with E-state index in [-0.39, 0.29) is 4.90 Å². The maximum Gasteiger partial charge on any atom is 0.573 e. The molecule has 0 bridgehead atoms. The lowest BCUT2D eigenvalue weighted by molar-refractivity contribution is -0.274. The monoisotopic (exact) mass is 585 g/mol. The largest absolute Gasteiger partial charge is 0.573 e. The Kier molecular flexibility index (Phi) is 7.33. The Morgan fingerprint density at radius 3 is 2.22 bits per heavy atom. The van der Waals surface area contributed by atoms with Gasteiger partial charge in [-0.25, -0.2) is 8.57 Å². The van der Waals surface area contributed by atoms with Gasteiger partial charge in [0.25, 0.3) is 0 Å². The van der Waals surface area contributed by atoms with E-state index in [4.69, 9.17) is 4.74 Å². The summed E-state index contributed by atoms with van der Waals surface area (Å²) in [7, 11) is -3.34. The number of aliphatic hydroxyl groups excluding tert-OH is 1. The van der Waals surface area contributed by atoms with Crippen molar-refractivity contribution < 1.29 is 32.0 Å². The number of rotatable bonds is 7. The SMILES string of the molecule is O=S(=NCC1CC1)(NC1=CCCC[C@@H](N2c3ccccc3Oc3ccccc32)[C@H]1O)c1ccc(OC(F)(F)F)cc1. The van der Waals surface area contributed by atoms with Crippen molar-refractivity contribution in [3.63, 3.8) is 0 Å². The lowest BCUT2D eigenvalue weighted by atomic mass is 10.00. The first-order valence-corrected chi connectivity index (χ1v) is 15.1. The molecule has 1 heterocycles. The molecule has 11 heteroatoms. The van der Waals surface area contributed by atoms with Crippen molar-refractivity contribution in [3.05, 3.63) is 84.6 Å². The van der Waals surface area contributed by atoms with E-state index in [0.717, 1.165) is 42.8 Å². The molecular formula is C30H30F3N3O4S. The fourth-order valence-corrected chi connectivity index (χ4v) is 6.98. The minimum absolute atomic E-state index is 0.212. The van der Waals surface area contributed by atoms with Gasteiger partial charge >= 0.3 is 6.36 Å². The Morgan fingerprint density at radius 1 is 0.976 bits per heavy atom. The third-order valence-corrected chi connectivity index (χ3v) is 9.33. The van der Waals surface area contributed by atoms with Gasteiger partial charge in [0, 0.05) is 0 Å². The summed E-state index contributed by atoms with van der Waals surface area (Å²) >= 11 is 0. The van der Waals surface area contributed by atoms with Crippen LogP contribution in [0.25, 0.3) is 0 Å². The van der Waals surface area contributed by atoms with Crippen molar-refractivity contribution in [2.45, 2.75) is 55.5 Å². The molecule has 1 unspecified atom stereocenters. The van der Waals surface area contributed by atoms with Gasteiger partial charge in [-0.1, -0.05) is 30.3 Å². The predicted octanol–water partition coefficient (Wildman–Crippen LogP) is 7.07. The van der Waals surface area contributed by atoms with Gasteiger partial charge in [0.05, 0.1) is 34.6 Å². The Labute approximate surface area is 236 Å². The number of halogens is 3. The first kappa shape index (κ1) is 27.5. The molecule has 1 fully saturated rings. The van der Waals surface area contributed by atoms with Crippen molar-refractivity contribution in [2.24, 2.45) is 10.3 Å². The highest BCUT2D eigenvalue weighted by Crippen LogP contribution is 2.49. The van der Waals surface area contributed by atoms with Gasteiger partial charge in [-0.3, -0.25) is 4.72 Å². The van der Waals surface area contributed by atoms with Crippen molar-refractivity contribution in [3.8, 4) is 17.2 Å². The standard InChI is InChI=1S/C30H30F3N3O4S/c31-30(32,33)40-21-15-17-22(18-16-21)41(38,34-19-20-13-14-20)35-23-7-1-2-10-26(29(23)37)36-24-8-3-5-11-27(24)39-28-12-6-4-9-25(28)36/h3-9,11-12,15-18,20,26,29,37H,1-2,10,13-14,19H2,(H,34,35,38)/t26-,29+,41?/m1/s1. The molecule has 1 aliphatic heterocycles. The van der Waals surface area contributed by atoms with Gasteiger partial charge in [-0.05, 0) is 86.6 Å². The van der Waals surface area contributed by atoms with Crippen LogP contribution in [0.2, 0.25) is 0 Å². The molecule has 216 valence electrons. The van der Waals surface area contributed by atoms with Gasteiger partial charge in [0.1, 0.15) is 11.9 Å². The lowest BCUT2D eigenvalue weighted by Gasteiger charge is -2.40. The Hall–Kier alpha value is -3.70. The number of anilines is 2. The summed E-state index contributed by atoms with van der Waals surface area (Å²) in [6.07, 6.45) is -0.0224. The highest BCUT2D eigenvalue weighted by atomic mass is 32.2. The maximum absolute atomic E-state index is 14.4. The van der Waals surface area contributed by atoms with Crippen LogP contribution in [0.3, 0.4) is 0 Å². The number of fused-ring (bicyclic) bond motifs is 2. The van der Waals surface area contributed by atoms with E-state index in [1.54, 1.807) is 0 Å². The van der Waals surface area contributed by atoms with E-state index in [2.05, 4.69) is 18.7 Å².